The Morgan fingerprint density at radius 2 is 1.71 bits per heavy atom. The normalized spacial score (nSPS) is 23.3. The quantitative estimate of drug-likeness (QED) is 0.381. The molecule has 8 heteroatoms. The Morgan fingerprint density at radius 1 is 1.17 bits per heavy atom. The molecular formula is C16H32BF2N3O2. The van der Waals surface area contributed by atoms with Crippen LogP contribution in [0.1, 0.15) is 34.6 Å². The smallest absolute Gasteiger partial charge is 0.409 e. The lowest BCUT2D eigenvalue weighted by Crippen LogP contribution is -2.54. The van der Waals surface area contributed by atoms with Crippen molar-refractivity contribution in [2.75, 3.05) is 20.6 Å². The van der Waals surface area contributed by atoms with Gasteiger partial charge in [-0.15, -0.1) is 0 Å². The first kappa shape index (κ1) is 21.5. The van der Waals surface area contributed by atoms with Gasteiger partial charge in [0.2, 0.25) is 0 Å². The highest BCUT2D eigenvalue weighted by Crippen LogP contribution is 2.31. The average molecular weight is 347 g/mol. The van der Waals surface area contributed by atoms with Crippen molar-refractivity contribution in [2.24, 2.45) is 0 Å². The van der Waals surface area contributed by atoms with E-state index in [1.54, 1.807) is 6.08 Å². The van der Waals surface area contributed by atoms with Crippen molar-refractivity contribution in [3.8, 4) is 0 Å². The van der Waals surface area contributed by atoms with Crippen LogP contribution in [0.2, 0.25) is 5.82 Å². The van der Waals surface area contributed by atoms with Crippen LogP contribution in [0.4, 0.5) is 8.78 Å². The molecule has 1 heterocycles. The van der Waals surface area contributed by atoms with Crippen LogP contribution < -0.4 is 10.6 Å². The van der Waals surface area contributed by atoms with Crippen molar-refractivity contribution < 1.29 is 18.1 Å². The molecule has 0 aromatic carbocycles. The van der Waals surface area contributed by atoms with Gasteiger partial charge in [0.25, 0.3) is 6.43 Å². The highest BCUT2D eigenvalue weighted by Gasteiger charge is 2.40. The monoisotopic (exact) mass is 347 g/mol. The Labute approximate surface area is 145 Å². The van der Waals surface area contributed by atoms with Crippen molar-refractivity contribution in [1.29, 1.82) is 0 Å². The molecule has 3 atom stereocenters. The minimum Gasteiger partial charge on any atom is -0.409 e. The third-order valence-corrected chi connectivity index (χ3v) is 3.93. The van der Waals surface area contributed by atoms with E-state index in [1.807, 2.05) is 53.6 Å². The summed E-state index contributed by atoms with van der Waals surface area (Å²) in [7, 11) is 3.18. The van der Waals surface area contributed by atoms with Crippen molar-refractivity contribution in [3.05, 3.63) is 11.6 Å². The maximum atomic E-state index is 13.6. The molecular weight excluding hydrogens is 315 g/mol. The summed E-state index contributed by atoms with van der Waals surface area (Å²) in [6, 6.07) is 0. The van der Waals surface area contributed by atoms with Crippen molar-refractivity contribution >= 4 is 7.12 Å². The summed E-state index contributed by atoms with van der Waals surface area (Å²) in [5, 5.41) is 6.53. The van der Waals surface area contributed by atoms with E-state index in [1.165, 1.54) is 0 Å². The second-order valence-corrected chi connectivity index (χ2v) is 7.00. The van der Waals surface area contributed by atoms with E-state index in [-0.39, 0.29) is 30.1 Å². The van der Waals surface area contributed by atoms with Crippen LogP contribution in [0.5, 0.6) is 0 Å². The molecule has 1 aliphatic heterocycles. The van der Waals surface area contributed by atoms with Gasteiger partial charge in [-0.05, 0) is 60.4 Å². The Morgan fingerprint density at radius 3 is 2.12 bits per heavy atom. The summed E-state index contributed by atoms with van der Waals surface area (Å²) in [5.74, 6) is -0.512. The van der Waals surface area contributed by atoms with Gasteiger partial charge in [0, 0.05) is 24.6 Å². The molecule has 1 unspecified atom stereocenters. The fourth-order valence-corrected chi connectivity index (χ4v) is 2.51. The fourth-order valence-electron chi connectivity index (χ4n) is 2.51. The van der Waals surface area contributed by atoms with Gasteiger partial charge < -0.3 is 9.31 Å². The molecule has 0 aliphatic carbocycles. The third kappa shape index (κ3) is 6.76. The SMILES string of the molecule is CC(C)OB(OC(C)C)C1CN[C@@H](N[C@@H](C)N(C)C)C=C1C(F)F. The maximum Gasteiger partial charge on any atom is 0.466 e. The molecule has 0 saturated carbocycles. The van der Waals surface area contributed by atoms with Crippen molar-refractivity contribution in [2.45, 2.75) is 71.4 Å². The first-order valence-corrected chi connectivity index (χ1v) is 8.58. The lowest BCUT2D eigenvalue weighted by molar-refractivity contribution is 0.115. The summed E-state index contributed by atoms with van der Waals surface area (Å²) >= 11 is 0. The topological polar surface area (TPSA) is 45.8 Å². The molecule has 0 radical (unpaired) electrons. The zero-order valence-electron chi connectivity index (χ0n) is 15.8. The van der Waals surface area contributed by atoms with E-state index >= 15 is 0 Å². The molecule has 24 heavy (non-hydrogen) atoms. The molecule has 2 N–H and O–H groups in total. The molecule has 5 nitrogen and oxygen atoms in total. The van der Waals surface area contributed by atoms with Crippen LogP contribution in [-0.4, -0.2) is 63.6 Å². The summed E-state index contributed by atoms with van der Waals surface area (Å²) in [6.45, 7) is 9.86. The molecule has 1 aliphatic rings. The Bertz CT molecular complexity index is 399. The van der Waals surface area contributed by atoms with E-state index in [0.717, 1.165) is 0 Å². The Hall–Kier alpha value is -0.535. The van der Waals surface area contributed by atoms with Gasteiger partial charge in [-0.3, -0.25) is 15.5 Å². The van der Waals surface area contributed by atoms with Crippen molar-refractivity contribution in [1.82, 2.24) is 15.5 Å². The molecule has 1 rings (SSSR count). The molecule has 0 aromatic heterocycles. The highest BCUT2D eigenvalue weighted by molar-refractivity contribution is 6.47. The van der Waals surface area contributed by atoms with Gasteiger partial charge in [0.05, 0.1) is 12.3 Å². The highest BCUT2D eigenvalue weighted by atomic mass is 19.3. The molecule has 0 bridgehead atoms. The molecule has 140 valence electrons. The zero-order valence-corrected chi connectivity index (χ0v) is 15.8. The van der Waals surface area contributed by atoms with Crippen LogP contribution in [-0.2, 0) is 9.31 Å². The number of rotatable bonds is 9. The second-order valence-electron chi connectivity index (χ2n) is 7.00. The van der Waals surface area contributed by atoms with E-state index in [0.29, 0.717) is 6.54 Å². The largest absolute Gasteiger partial charge is 0.466 e. The number of halogens is 2. The van der Waals surface area contributed by atoms with E-state index < -0.39 is 19.4 Å². The first-order valence-electron chi connectivity index (χ1n) is 8.58. The summed E-state index contributed by atoms with van der Waals surface area (Å²) in [4.78, 5) is 1.98. The maximum absolute atomic E-state index is 13.6. The number of hydrogen-bond donors (Lipinski definition) is 2. The van der Waals surface area contributed by atoms with Crippen LogP contribution >= 0.6 is 0 Å². The van der Waals surface area contributed by atoms with Gasteiger partial charge in [-0.1, -0.05) is 0 Å². The second kappa shape index (κ2) is 9.82. The molecule has 0 fully saturated rings. The van der Waals surface area contributed by atoms with E-state index in [2.05, 4.69) is 10.6 Å². The van der Waals surface area contributed by atoms with E-state index in [4.69, 9.17) is 9.31 Å². The van der Waals surface area contributed by atoms with Gasteiger partial charge in [-0.2, -0.15) is 0 Å². The van der Waals surface area contributed by atoms with Crippen molar-refractivity contribution in [3.63, 3.8) is 0 Å². The van der Waals surface area contributed by atoms with Crippen LogP contribution in [0.15, 0.2) is 11.6 Å². The van der Waals surface area contributed by atoms with Gasteiger partial charge >= 0.3 is 7.12 Å². The Balaban J connectivity index is 2.93. The molecule has 0 spiro atoms. The summed E-state index contributed by atoms with van der Waals surface area (Å²) in [5.41, 5.74) is 0.0727. The summed E-state index contributed by atoms with van der Waals surface area (Å²) < 4.78 is 38.8. The number of hydrogen-bond acceptors (Lipinski definition) is 5. The average Bonchev–Trinajstić information content (AvgIpc) is 2.45. The fraction of sp³-hybridized carbons (Fsp3) is 0.875. The first-order chi connectivity index (χ1) is 11.1. The minimum absolute atomic E-state index is 0.0591. The standard InChI is InChI=1S/C16H32BF2N3O2/c1-10(2)23-17(24-11(3)4)14-9-20-15(8-13(14)16(18)19)21-12(5)22(6)7/h8,10-12,14-16,20-21H,9H2,1-7H3/t12-,14?,15+/m1/s1. The predicted molar refractivity (Wildman–Crippen MR) is 94.1 cm³/mol. The van der Waals surface area contributed by atoms with E-state index in [9.17, 15) is 8.78 Å². The van der Waals surface area contributed by atoms with Gasteiger partial charge in [0.15, 0.2) is 0 Å². The number of nitrogens with zero attached hydrogens (tertiary/aromatic N) is 1. The zero-order chi connectivity index (χ0) is 18.4. The lowest BCUT2D eigenvalue weighted by atomic mass is 9.65. The third-order valence-electron chi connectivity index (χ3n) is 3.93. The van der Waals surface area contributed by atoms with Gasteiger partial charge in [0.1, 0.15) is 0 Å². The van der Waals surface area contributed by atoms with Crippen LogP contribution in [0, 0.1) is 0 Å². The number of nitrogens with one attached hydrogen (secondary N) is 2. The summed E-state index contributed by atoms with van der Waals surface area (Å²) in [6.07, 6.45) is -1.41. The molecule has 0 amide bonds. The Kier molecular flexibility index (Phi) is 8.80. The van der Waals surface area contributed by atoms with Crippen LogP contribution in [0.3, 0.4) is 0 Å². The molecule has 0 aromatic rings. The molecule has 0 saturated heterocycles. The minimum atomic E-state index is -2.54. The predicted octanol–water partition coefficient (Wildman–Crippen LogP) is 2.31. The lowest BCUT2D eigenvalue weighted by Gasteiger charge is -2.35. The number of alkyl halides is 2. The van der Waals surface area contributed by atoms with Gasteiger partial charge in [-0.25, -0.2) is 8.78 Å². The van der Waals surface area contributed by atoms with Crippen LogP contribution in [0.25, 0.3) is 0 Å².